The van der Waals surface area contributed by atoms with Gasteiger partial charge >= 0.3 is 5.97 Å². The van der Waals surface area contributed by atoms with Crippen LogP contribution in [0, 0.1) is 5.92 Å². The van der Waals surface area contributed by atoms with Gasteiger partial charge in [-0.3, -0.25) is 4.79 Å². The highest BCUT2D eigenvalue weighted by Crippen LogP contribution is 2.22. The Morgan fingerprint density at radius 2 is 1.77 bits per heavy atom. The molecule has 5 nitrogen and oxygen atoms in total. The van der Waals surface area contributed by atoms with Crippen LogP contribution in [-0.4, -0.2) is 47.7 Å². The number of hydrogen-bond donors (Lipinski definition) is 1. The smallest absolute Gasteiger partial charge is 0.337 e. The molecule has 1 aliphatic heterocycles. The maximum absolute atomic E-state index is 12.4. The summed E-state index contributed by atoms with van der Waals surface area (Å²) >= 11 is 0. The molecule has 1 amide bonds. The second-order valence-corrected chi connectivity index (χ2v) is 9.57. The number of aryl methyl sites for hydroxylation is 1. The van der Waals surface area contributed by atoms with Crippen molar-refractivity contribution in [1.29, 1.82) is 0 Å². The Labute approximate surface area is 209 Å². The van der Waals surface area contributed by atoms with E-state index in [1.54, 1.807) is 12.1 Å². The van der Waals surface area contributed by atoms with Crippen LogP contribution < -0.4 is 0 Å². The third kappa shape index (κ3) is 8.36. The molecule has 0 spiro atoms. The van der Waals surface area contributed by atoms with E-state index in [1.807, 2.05) is 35.3 Å². The molecule has 1 unspecified atom stereocenters. The van der Waals surface area contributed by atoms with Crippen molar-refractivity contribution < 1.29 is 19.4 Å². The summed E-state index contributed by atoms with van der Waals surface area (Å²) in [6, 6.07) is 17.9. The molecule has 1 N–H and O–H groups in total. The minimum atomic E-state index is -0.493. The first kappa shape index (κ1) is 26.7. The maximum atomic E-state index is 12.4. The molecule has 0 aliphatic carbocycles. The van der Waals surface area contributed by atoms with Gasteiger partial charge in [-0.05, 0) is 61.3 Å². The second kappa shape index (κ2) is 13.8. The van der Waals surface area contributed by atoms with Crippen LogP contribution in [-0.2, 0) is 22.4 Å². The van der Waals surface area contributed by atoms with Crippen molar-refractivity contribution in [3.8, 4) is 0 Å². The minimum Gasteiger partial charge on any atom is -0.465 e. The summed E-state index contributed by atoms with van der Waals surface area (Å²) in [4.78, 5) is 25.9. The Morgan fingerprint density at radius 3 is 2.49 bits per heavy atom. The van der Waals surface area contributed by atoms with Crippen LogP contribution in [0.1, 0.15) is 66.9 Å². The first-order valence-corrected chi connectivity index (χ1v) is 12.8. The number of rotatable bonds is 13. The lowest BCUT2D eigenvalue weighted by atomic mass is 9.95. The standard InChI is InChI=1S/C30H39NO4/c1-23(9-5-3-6-10-24-11-7-4-8-12-24)28(32)19-17-27-18-20-29(33)31(27)22-21-25-13-15-26(16-14-25)30(34)35-2/h4,7-8,11-17,19,23,27-28,32H,3,5-6,9-10,18,20-22H2,1-2H3/t23-,27?,28+/m0/s1. The van der Waals surface area contributed by atoms with Crippen LogP contribution in [0.2, 0.25) is 0 Å². The largest absolute Gasteiger partial charge is 0.465 e. The zero-order valence-corrected chi connectivity index (χ0v) is 21.1. The molecule has 1 heterocycles. The molecular formula is C30H39NO4. The molecule has 3 rings (SSSR count). The monoisotopic (exact) mass is 477 g/mol. The van der Waals surface area contributed by atoms with E-state index < -0.39 is 6.10 Å². The summed E-state index contributed by atoms with van der Waals surface area (Å²) in [5.74, 6) is 0.00471. The van der Waals surface area contributed by atoms with Gasteiger partial charge in [0, 0.05) is 13.0 Å². The van der Waals surface area contributed by atoms with Gasteiger partial charge < -0.3 is 14.7 Å². The summed E-state index contributed by atoms with van der Waals surface area (Å²) in [6.45, 7) is 2.72. The highest BCUT2D eigenvalue weighted by Gasteiger charge is 2.29. The summed E-state index contributed by atoms with van der Waals surface area (Å²) in [5, 5.41) is 10.6. The number of likely N-dealkylation sites (tertiary alicyclic amines) is 1. The van der Waals surface area contributed by atoms with Gasteiger partial charge in [-0.25, -0.2) is 4.79 Å². The van der Waals surface area contributed by atoms with Crippen molar-refractivity contribution >= 4 is 11.9 Å². The van der Waals surface area contributed by atoms with Gasteiger partial charge in [-0.15, -0.1) is 0 Å². The number of ether oxygens (including phenoxy) is 1. The molecule has 2 aromatic rings. The fourth-order valence-corrected chi connectivity index (χ4v) is 4.64. The lowest BCUT2D eigenvalue weighted by molar-refractivity contribution is -0.128. The Morgan fingerprint density at radius 1 is 1.06 bits per heavy atom. The van der Waals surface area contributed by atoms with E-state index in [1.165, 1.54) is 25.5 Å². The molecule has 5 heteroatoms. The van der Waals surface area contributed by atoms with Gasteiger partial charge in [0.15, 0.2) is 0 Å². The molecule has 0 bridgehead atoms. The number of methoxy groups -OCH3 is 1. The van der Waals surface area contributed by atoms with Crippen LogP contribution in [0.15, 0.2) is 66.7 Å². The van der Waals surface area contributed by atoms with Gasteiger partial charge in [-0.1, -0.05) is 74.4 Å². The third-order valence-corrected chi connectivity index (χ3v) is 6.97. The summed E-state index contributed by atoms with van der Waals surface area (Å²) in [6.07, 6.45) is 11.0. The molecule has 188 valence electrons. The minimum absolute atomic E-state index is 0.0320. The van der Waals surface area contributed by atoms with Crippen LogP contribution in [0.3, 0.4) is 0 Å². The van der Waals surface area contributed by atoms with E-state index in [0.717, 1.165) is 37.7 Å². The van der Waals surface area contributed by atoms with Crippen LogP contribution in [0.4, 0.5) is 0 Å². The van der Waals surface area contributed by atoms with Gasteiger partial charge in [0.1, 0.15) is 0 Å². The van der Waals surface area contributed by atoms with Crippen molar-refractivity contribution in [3.63, 3.8) is 0 Å². The van der Waals surface area contributed by atoms with Gasteiger partial charge in [-0.2, -0.15) is 0 Å². The van der Waals surface area contributed by atoms with Crippen LogP contribution in [0.25, 0.3) is 0 Å². The number of amides is 1. The van der Waals surface area contributed by atoms with Crippen LogP contribution in [0.5, 0.6) is 0 Å². The van der Waals surface area contributed by atoms with E-state index in [9.17, 15) is 14.7 Å². The third-order valence-electron chi connectivity index (χ3n) is 6.97. The molecular weight excluding hydrogens is 438 g/mol. The molecule has 0 saturated carbocycles. The van der Waals surface area contributed by atoms with Crippen molar-refractivity contribution in [2.45, 2.75) is 70.4 Å². The Hall–Kier alpha value is -2.92. The average Bonchev–Trinajstić information content (AvgIpc) is 3.25. The van der Waals surface area contributed by atoms with Crippen LogP contribution >= 0.6 is 0 Å². The quantitative estimate of drug-likeness (QED) is 0.239. The fourth-order valence-electron chi connectivity index (χ4n) is 4.64. The number of nitrogens with zero attached hydrogens (tertiary/aromatic N) is 1. The van der Waals surface area contributed by atoms with E-state index in [-0.39, 0.29) is 23.8 Å². The predicted octanol–water partition coefficient (Wildman–Crippen LogP) is 5.36. The van der Waals surface area contributed by atoms with Crippen molar-refractivity contribution in [2.24, 2.45) is 5.92 Å². The molecule has 3 atom stereocenters. The molecule has 1 saturated heterocycles. The van der Waals surface area contributed by atoms with Gasteiger partial charge in [0.25, 0.3) is 0 Å². The number of aliphatic hydroxyl groups excluding tert-OH is 1. The molecule has 35 heavy (non-hydrogen) atoms. The second-order valence-electron chi connectivity index (χ2n) is 9.57. The van der Waals surface area contributed by atoms with Crippen molar-refractivity contribution in [3.05, 3.63) is 83.4 Å². The maximum Gasteiger partial charge on any atom is 0.337 e. The van der Waals surface area contributed by atoms with Crippen molar-refractivity contribution in [1.82, 2.24) is 4.90 Å². The van der Waals surface area contributed by atoms with E-state index in [2.05, 4.69) is 31.2 Å². The molecule has 0 aromatic heterocycles. The number of hydrogen-bond acceptors (Lipinski definition) is 4. The van der Waals surface area contributed by atoms with E-state index >= 15 is 0 Å². The fraction of sp³-hybridized carbons (Fsp3) is 0.467. The number of unbranched alkanes of at least 4 members (excludes halogenated alkanes) is 2. The topological polar surface area (TPSA) is 66.8 Å². The zero-order valence-electron chi connectivity index (χ0n) is 21.1. The Bertz CT molecular complexity index is 954. The summed E-state index contributed by atoms with van der Waals surface area (Å²) in [5.41, 5.74) is 2.98. The Balaban J connectivity index is 1.40. The number of benzene rings is 2. The molecule has 1 aliphatic rings. The van der Waals surface area contributed by atoms with Gasteiger partial charge in [0.2, 0.25) is 5.91 Å². The first-order chi connectivity index (χ1) is 17.0. The lowest BCUT2D eigenvalue weighted by Crippen LogP contribution is -2.34. The van der Waals surface area contributed by atoms with Crippen molar-refractivity contribution in [2.75, 3.05) is 13.7 Å². The summed E-state index contributed by atoms with van der Waals surface area (Å²) < 4.78 is 4.74. The lowest BCUT2D eigenvalue weighted by Gasteiger charge is -2.23. The highest BCUT2D eigenvalue weighted by atomic mass is 16.5. The average molecular weight is 478 g/mol. The van der Waals surface area contributed by atoms with E-state index in [4.69, 9.17) is 4.74 Å². The number of aliphatic hydroxyl groups is 1. The number of esters is 1. The first-order valence-electron chi connectivity index (χ1n) is 12.8. The molecule has 1 fully saturated rings. The SMILES string of the molecule is COC(=O)c1ccc(CCN2C(=O)CCC2C=C[C@@H](O)[C@@H](C)CCCCCc2ccccc2)cc1. The Kier molecular flexibility index (Phi) is 10.5. The molecule has 0 radical (unpaired) electrons. The highest BCUT2D eigenvalue weighted by molar-refractivity contribution is 5.89. The normalized spacial score (nSPS) is 17.6. The summed E-state index contributed by atoms with van der Waals surface area (Å²) in [7, 11) is 1.37. The van der Waals surface area contributed by atoms with Gasteiger partial charge in [0.05, 0.1) is 24.8 Å². The predicted molar refractivity (Wildman–Crippen MR) is 139 cm³/mol. The van der Waals surface area contributed by atoms with E-state index in [0.29, 0.717) is 18.5 Å². The number of carbonyl (C=O) groups excluding carboxylic acids is 2. The zero-order chi connectivity index (χ0) is 25.0. The number of carbonyl (C=O) groups is 2. The molecule has 2 aromatic carbocycles.